The Kier molecular flexibility index (Phi) is 2.94. The molecule has 0 saturated heterocycles. The van der Waals surface area contributed by atoms with Crippen molar-refractivity contribution in [1.29, 1.82) is 0 Å². The predicted octanol–water partition coefficient (Wildman–Crippen LogP) is 3.91. The quantitative estimate of drug-likeness (QED) is 0.542. The molecule has 1 aromatic heterocycles. The van der Waals surface area contributed by atoms with Crippen molar-refractivity contribution in [3.63, 3.8) is 0 Å². The largest absolute Gasteiger partial charge is 0.360 e. The SMILES string of the molecule is CC(C)(C)C(=O)c1c[nH]c2c(ccc3ccccc32)c1=O. The summed E-state index contributed by atoms with van der Waals surface area (Å²) in [6.07, 6.45) is 1.55. The fourth-order valence-electron chi connectivity index (χ4n) is 2.54. The van der Waals surface area contributed by atoms with Crippen LogP contribution in [0.4, 0.5) is 0 Å². The Balaban J connectivity index is 2.35. The van der Waals surface area contributed by atoms with Gasteiger partial charge in [0.05, 0.1) is 11.1 Å². The fraction of sp³-hybridized carbons (Fsp3) is 0.222. The average molecular weight is 279 g/mol. The Morgan fingerprint density at radius 3 is 2.43 bits per heavy atom. The summed E-state index contributed by atoms with van der Waals surface area (Å²) in [5.41, 5.74) is 0.237. The fourth-order valence-corrected chi connectivity index (χ4v) is 2.54. The van der Waals surface area contributed by atoms with E-state index in [4.69, 9.17) is 0 Å². The minimum absolute atomic E-state index is 0.140. The van der Waals surface area contributed by atoms with Crippen LogP contribution in [-0.4, -0.2) is 10.8 Å². The molecule has 1 heterocycles. The van der Waals surface area contributed by atoms with Crippen molar-refractivity contribution < 1.29 is 4.79 Å². The van der Waals surface area contributed by atoms with E-state index >= 15 is 0 Å². The molecular weight excluding hydrogens is 262 g/mol. The number of nitrogens with one attached hydrogen (secondary N) is 1. The number of hydrogen-bond acceptors (Lipinski definition) is 2. The summed E-state index contributed by atoms with van der Waals surface area (Å²) < 4.78 is 0. The number of benzene rings is 2. The summed E-state index contributed by atoms with van der Waals surface area (Å²) in [5, 5.41) is 2.61. The van der Waals surface area contributed by atoms with Gasteiger partial charge in [-0.1, -0.05) is 51.1 Å². The highest BCUT2D eigenvalue weighted by Crippen LogP contribution is 2.24. The molecule has 0 saturated carbocycles. The van der Waals surface area contributed by atoms with Gasteiger partial charge in [-0.3, -0.25) is 9.59 Å². The van der Waals surface area contributed by atoms with E-state index in [1.165, 1.54) is 0 Å². The minimum atomic E-state index is -0.572. The van der Waals surface area contributed by atoms with Crippen molar-refractivity contribution in [3.05, 3.63) is 58.4 Å². The highest BCUT2D eigenvalue weighted by atomic mass is 16.1. The molecule has 0 fully saturated rings. The van der Waals surface area contributed by atoms with Gasteiger partial charge in [0.15, 0.2) is 11.2 Å². The zero-order chi connectivity index (χ0) is 15.2. The van der Waals surface area contributed by atoms with Crippen molar-refractivity contribution >= 4 is 27.5 Å². The van der Waals surface area contributed by atoms with Crippen LogP contribution in [-0.2, 0) is 0 Å². The Morgan fingerprint density at radius 2 is 1.71 bits per heavy atom. The van der Waals surface area contributed by atoms with Crippen molar-refractivity contribution in [2.24, 2.45) is 5.41 Å². The van der Waals surface area contributed by atoms with Gasteiger partial charge in [0.25, 0.3) is 0 Å². The van der Waals surface area contributed by atoms with E-state index in [0.29, 0.717) is 5.39 Å². The van der Waals surface area contributed by atoms with E-state index in [0.717, 1.165) is 16.3 Å². The summed E-state index contributed by atoms with van der Waals surface area (Å²) in [6, 6.07) is 11.6. The molecule has 106 valence electrons. The second-order valence-electron chi connectivity index (χ2n) is 6.32. The number of pyridine rings is 1. The van der Waals surface area contributed by atoms with Gasteiger partial charge in [-0.15, -0.1) is 0 Å². The molecular formula is C18H17NO2. The molecule has 0 spiro atoms. The molecule has 0 radical (unpaired) electrons. The van der Waals surface area contributed by atoms with Gasteiger partial charge in [0, 0.05) is 22.4 Å². The number of rotatable bonds is 1. The smallest absolute Gasteiger partial charge is 0.200 e. The van der Waals surface area contributed by atoms with Gasteiger partial charge in [-0.25, -0.2) is 0 Å². The Morgan fingerprint density at radius 1 is 1.00 bits per heavy atom. The van der Waals surface area contributed by atoms with E-state index in [-0.39, 0.29) is 16.8 Å². The third-order valence-electron chi connectivity index (χ3n) is 3.70. The van der Waals surface area contributed by atoms with E-state index < -0.39 is 5.41 Å². The van der Waals surface area contributed by atoms with Gasteiger partial charge in [0.2, 0.25) is 0 Å². The number of Topliss-reactive ketones (excluding diaryl/α,β-unsaturated/α-hetero) is 1. The minimum Gasteiger partial charge on any atom is -0.360 e. The first-order valence-corrected chi connectivity index (χ1v) is 6.97. The topological polar surface area (TPSA) is 49.9 Å². The molecule has 3 rings (SSSR count). The van der Waals surface area contributed by atoms with Gasteiger partial charge in [-0.2, -0.15) is 0 Å². The van der Waals surface area contributed by atoms with E-state index in [1.807, 2.05) is 51.1 Å². The molecule has 0 amide bonds. The van der Waals surface area contributed by atoms with Crippen LogP contribution >= 0.6 is 0 Å². The first kappa shape index (κ1) is 13.6. The predicted molar refractivity (Wildman–Crippen MR) is 85.9 cm³/mol. The van der Waals surface area contributed by atoms with Crippen LogP contribution in [0, 0.1) is 5.41 Å². The maximum Gasteiger partial charge on any atom is 0.200 e. The molecule has 0 aliphatic rings. The summed E-state index contributed by atoms with van der Waals surface area (Å²) >= 11 is 0. The lowest BCUT2D eigenvalue weighted by atomic mass is 9.86. The number of fused-ring (bicyclic) bond motifs is 3. The first-order valence-electron chi connectivity index (χ1n) is 6.97. The third-order valence-corrected chi connectivity index (χ3v) is 3.70. The maximum atomic E-state index is 12.6. The second kappa shape index (κ2) is 4.55. The lowest BCUT2D eigenvalue weighted by molar-refractivity contribution is 0.0857. The summed E-state index contributed by atoms with van der Waals surface area (Å²) in [6.45, 7) is 5.46. The highest BCUT2D eigenvalue weighted by Gasteiger charge is 2.25. The monoisotopic (exact) mass is 279 g/mol. The molecule has 3 heteroatoms. The first-order chi connectivity index (χ1) is 9.89. The van der Waals surface area contributed by atoms with Crippen LogP contribution in [0.15, 0.2) is 47.4 Å². The lowest BCUT2D eigenvalue weighted by Crippen LogP contribution is -2.26. The summed E-state index contributed by atoms with van der Waals surface area (Å²) in [4.78, 5) is 28.1. The molecule has 0 aliphatic heterocycles. The molecule has 0 unspecified atom stereocenters. The molecule has 3 aromatic rings. The Labute approximate surface area is 122 Å². The van der Waals surface area contributed by atoms with Crippen LogP contribution in [0.2, 0.25) is 0 Å². The zero-order valence-electron chi connectivity index (χ0n) is 12.4. The summed E-state index contributed by atoms with van der Waals surface area (Å²) in [7, 11) is 0. The van der Waals surface area contributed by atoms with Crippen LogP contribution in [0.1, 0.15) is 31.1 Å². The van der Waals surface area contributed by atoms with Crippen molar-refractivity contribution in [1.82, 2.24) is 4.98 Å². The van der Waals surface area contributed by atoms with Gasteiger partial charge in [0.1, 0.15) is 0 Å². The van der Waals surface area contributed by atoms with Crippen molar-refractivity contribution in [3.8, 4) is 0 Å². The molecule has 0 bridgehead atoms. The molecule has 0 aliphatic carbocycles. The molecule has 1 N–H and O–H groups in total. The maximum absolute atomic E-state index is 12.6. The summed E-state index contributed by atoms with van der Waals surface area (Å²) in [5.74, 6) is -0.140. The number of aromatic amines is 1. The zero-order valence-corrected chi connectivity index (χ0v) is 12.4. The number of carbonyl (C=O) groups excluding carboxylic acids is 1. The van der Waals surface area contributed by atoms with E-state index in [1.54, 1.807) is 12.3 Å². The number of hydrogen-bond donors (Lipinski definition) is 1. The van der Waals surface area contributed by atoms with Crippen molar-refractivity contribution in [2.75, 3.05) is 0 Å². The molecule has 21 heavy (non-hydrogen) atoms. The van der Waals surface area contributed by atoms with Gasteiger partial charge < -0.3 is 4.98 Å². The Hall–Kier alpha value is -2.42. The molecule has 3 nitrogen and oxygen atoms in total. The van der Waals surface area contributed by atoms with Crippen LogP contribution in [0.5, 0.6) is 0 Å². The third kappa shape index (κ3) is 2.15. The van der Waals surface area contributed by atoms with Gasteiger partial charge >= 0.3 is 0 Å². The standard InChI is InChI=1S/C18H17NO2/c1-18(2,3)17(21)14-10-19-15-12-7-5-4-6-11(12)8-9-13(15)16(14)20/h4-10H,1-3H3,(H,19,20). The normalized spacial score (nSPS) is 12.0. The van der Waals surface area contributed by atoms with E-state index in [2.05, 4.69) is 4.98 Å². The average Bonchev–Trinajstić information content (AvgIpc) is 2.46. The lowest BCUT2D eigenvalue weighted by Gasteiger charge is -2.16. The van der Waals surface area contributed by atoms with E-state index in [9.17, 15) is 9.59 Å². The number of ketones is 1. The van der Waals surface area contributed by atoms with Crippen LogP contribution in [0.3, 0.4) is 0 Å². The number of aromatic nitrogens is 1. The van der Waals surface area contributed by atoms with Gasteiger partial charge in [-0.05, 0) is 11.5 Å². The van der Waals surface area contributed by atoms with Crippen LogP contribution < -0.4 is 5.43 Å². The number of carbonyl (C=O) groups is 1. The number of H-pyrrole nitrogens is 1. The second-order valence-corrected chi connectivity index (χ2v) is 6.32. The highest BCUT2D eigenvalue weighted by molar-refractivity contribution is 6.08. The molecule has 0 atom stereocenters. The Bertz CT molecular complexity index is 914. The van der Waals surface area contributed by atoms with Crippen LogP contribution in [0.25, 0.3) is 21.7 Å². The molecule has 2 aromatic carbocycles. The van der Waals surface area contributed by atoms with Crippen molar-refractivity contribution in [2.45, 2.75) is 20.8 Å².